The lowest BCUT2D eigenvalue weighted by Crippen LogP contribution is -2.45. The normalized spacial score (nSPS) is 17.3. The number of likely N-dealkylation sites (tertiary alicyclic amines) is 1. The zero-order valence-electron chi connectivity index (χ0n) is 14.2. The van der Waals surface area contributed by atoms with Gasteiger partial charge in [-0.05, 0) is 42.9 Å². The van der Waals surface area contributed by atoms with Crippen molar-refractivity contribution in [2.45, 2.75) is 38.1 Å². The maximum absolute atomic E-state index is 12.9. The highest BCUT2D eigenvalue weighted by atomic mass is 16.4. The molecule has 1 amide bonds. The number of carboxylic acids is 1. The van der Waals surface area contributed by atoms with E-state index in [9.17, 15) is 14.7 Å². The third-order valence-corrected chi connectivity index (χ3v) is 4.85. The topological polar surface area (TPSA) is 57.6 Å². The van der Waals surface area contributed by atoms with Crippen LogP contribution in [0.4, 0.5) is 0 Å². The largest absolute Gasteiger partial charge is 0.478 e. The molecule has 1 saturated heterocycles. The molecular formula is C21H23NO3. The summed E-state index contributed by atoms with van der Waals surface area (Å²) < 4.78 is 0. The van der Waals surface area contributed by atoms with Crippen LogP contribution < -0.4 is 0 Å². The number of benzene rings is 2. The number of carbonyl (C=O) groups excluding carboxylic acids is 1. The first-order valence-corrected chi connectivity index (χ1v) is 8.80. The molecule has 0 saturated carbocycles. The van der Waals surface area contributed by atoms with E-state index in [1.165, 1.54) is 5.56 Å². The number of hydrogen-bond acceptors (Lipinski definition) is 2. The maximum Gasteiger partial charge on any atom is 0.335 e. The van der Waals surface area contributed by atoms with Gasteiger partial charge >= 0.3 is 5.97 Å². The summed E-state index contributed by atoms with van der Waals surface area (Å²) in [7, 11) is 0. The van der Waals surface area contributed by atoms with Crippen molar-refractivity contribution >= 4 is 11.9 Å². The molecule has 4 heteroatoms. The first-order chi connectivity index (χ1) is 12.1. The minimum Gasteiger partial charge on any atom is -0.478 e. The van der Waals surface area contributed by atoms with E-state index in [2.05, 4.69) is 12.1 Å². The minimum atomic E-state index is -0.983. The second-order valence-electron chi connectivity index (χ2n) is 6.57. The summed E-state index contributed by atoms with van der Waals surface area (Å²) in [4.78, 5) is 26.2. The molecule has 2 aromatic rings. The van der Waals surface area contributed by atoms with E-state index in [1.54, 1.807) is 24.3 Å². The second-order valence-corrected chi connectivity index (χ2v) is 6.57. The Morgan fingerprint density at radius 3 is 2.48 bits per heavy atom. The lowest BCUT2D eigenvalue weighted by Gasteiger charge is -2.36. The van der Waals surface area contributed by atoms with Crippen LogP contribution in [0.2, 0.25) is 0 Å². The van der Waals surface area contributed by atoms with E-state index < -0.39 is 5.97 Å². The fourth-order valence-electron chi connectivity index (χ4n) is 3.57. The van der Waals surface area contributed by atoms with Crippen LogP contribution in [0.25, 0.3) is 0 Å². The molecule has 1 fully saturated rings. The lowest BCUT2D eigenvalue weighted by molar-refractivity contribution is -0.134. The molecule has 0 radical (unpaired) electrons. The third kappa shape index (κ3) is 4.27. The van der Waals surface area contributed by atoms with E-state index >= 15 is 0 Å². The molecular weight excluding hydrogens is 314 g/mol. The predicted octanol–water partition coefficient (Wildman–Crippen LogP) is 3.55. The van der Waals surface area contributed by atoms with Gasteiger partial charge in [-0.1, -0.05) is 48.5 Å². The van der Waals surface area contributed by atoms with Crippen molar-refractivity contribution in [1.29, 1.82) is 0 Å². The molecule has 1 unspecified atom stereocenters. The molecule has 0 aromatic heterocycles. The van der Waals surface area contributed by atoms with Gasteiger partial charge in [0.05, 0.1) is 12.0 Å². The molecule has 1 N–H and O–H groups in total. The number of hydrogen-bond donors (Lipinski definition) is 1. The third-order valence-electron chi connectivity index (χ3n) is 4.85. The van der Waals surface area contributed by atoms with Gasteiger partial charge in [-0.2, -0.15) is 0 Å². The summed E-state index contributed by atoms with van der Waals surface area (Å²) in [6.07, 6.45) is 4.15. The highest BCUT2D eigenvalue weighted by Crippen LogP contribution is 2.22. The van der Waals surface area contributed by atoms with Crippen LogP contribution in [0, 0.1) is 0 Å². The van der Waals surface area contributed by atoms with Gasteiger partial charge in [0.25, 0.3) is 0 Å². The van der Waals surface area contributed by atoms with Crippen molar-refractivity contribution in [2.24, 2.45) is 0 Å². The summed E-state index contributed by atoms with van der Waals surface area (Å²) in [6.45, 7) is 0.756. The van der Waals surface area contributed by atoms with Crippen LogP contribution in [0.3, 0.4) is 0 Å². The molecule has 0 spiro atoms. The average Bonchev–Trinajstić information content (AvgIpc) is 2.63. The Balaban J connectivity index is 1.74. The van der Waals surface area contributed by atoms with Crippen molar-refractivity contribution in [3.63, 3.8) is 0 Å². The summed E-state index contributed by atoms with van der Waals surface area (Å²) in [5.74, 6) is -0.961. The van der Waals surface area contributed by atoms with Crippen molar-refractivity contribution in [3.05, 3.63) is 71.3 Å². The summed E-state index contributed by atoms with van der Waals surface area (Å²) in [5.41, 5.74) is 2.04. The summed E-state index contributed by atoms with van der Waals surface area (Å²) >= 11 is 0. The van der Waals surface area contributed by atoms with Crippen molar-refractivity contribution in [1.82, 2.24) is 4.90 Å². The van der Waals surface area contributed by atoms with Gasteiger partial charge < -0.3 is 10.0 Å². The standard InChI is InChI=1S/C21H23NO3/c23-20(15-17-10-4-5-12-19(17)21(24)25)22-13-7-6-11-18(22)14-16-8-2-1-3-9-16/h1-5,8-10,12,18H,6-7,11,13-15H2,(H,24,25). The van der Waals surface area contributed by atoms with Gasteiger partial charge in [0.15, 0.2) is 0 Å². The smallest absolute Gasteiger partial charge is 0.335 e. The highest BCUT2D eigenvalue weighted by Gasteiger charge is 2.27. The number of nitrogens with zero attached hydrogens (tertiary/aromatic N) is 1. The monoisotopic (exact) mass is 337 g/mol. The Labute approximate surface area is 148 Å². The van der Waals surface area contributed by atoms with Crippen molar-refractivity contribution < 1.29 is 14.7 Å². The molecule has 1 heterocycles. The van der Waals surface area contributed by atoms with E-state index in [-0.39, 0.29) is 23.9 Å². The molecule has 3 rings (SSSR count). The summed E-state index contributed by atoms with van der Waals surface area (Å²) in [5, 5.41) is 9.31. The summed E-state index contributed by atoms with van der Waals surface area (Å²) in [6, 6.07) is 17.2. The lowest BCUT2D eigenvalue weighted by atomic mass is 9.94. The van der Waals surface area contributed by atoms with Crippen LogP contribution in [0.1, 0.15) is 40.7 Å². The number of rotatable bonds is 5. The molecule has 1 aliphatic heterocycles. The fraction of sp³-hybridized carbons (Fsp3) is 0.333. The van der Waals surface area contributed by atoms with Crippen LogP contribution in [-0.4, -0.2) is 34.5 Å². The molecule has 25 heavy (non-hydrogen) atoms. The fourth-order valence-corrected chi connectivity index (χ4v) is 3.57. The van der Waals surface area contributed by atoms with E-state index in [0.717, 1.165) is 32.2 Å². The van der Waals surface area contributed by atoms with Gasteiger partial charge in [0.1, 0.15) is 0 Å². The van der Waals surface area contributed by atoms with E-state index in [1.807, 2.05) is 23.1 Å². The number of aromatic carboxylic acids is 1. The first-order valence-electron chi connectivity index (χ1n) is 8.80. The molecule has 4 nitrogen and oxygen atoms in total. The van der Waals surface area contributed by atoms with Crippen LogP contribution >= 0.6 is 0 Å². The molecule has 2 aromatic carbocycles. The quantitative estimate of drug-likeness (QED) is 0.908. The Hall–Kier alpha value is -2.62. The van der Waals surface area contributed by atoms with Crippen LogP contribution in [0.5, 0.6) is 0 Å². The average molecular weight is 337 g/mol. The van der Waals surface area contributed by atoms with Gasteiger partial charge in [0, 0.05) is 12.6 Å². The van der Waals surface area contributed by atoms with E-state index in [4.69, 9.17) is 0 Å². The van der Waals surface area contributed by atoms with Gasteiger partial charge in [-0.3, -0.25) is 4.79 Å². The van der Waals surface area contributed by atoms with Gasteiger partial charge in [-0.25, -0.2) is 4.79 Å². The first kappa shape index (κ1) is 17.2. The Bertz CT molecular complexity index is 742. The predicted molar refractivity (Wildman–Crippen MR) is 96.6 cm³/mol. The SMILES string of the molecule is O=C(O)c1ccccc1CC(=O)N1CCCCC1Cc1ccccc1. The number of carbonyl (C=O) groups is 2. The zero-order valence-corrected chi connectivity index (χ0v) is 14.2. The maximum atomic E-state index is 12.9. The van der Waals surface area contributed by atoms with Crippen LogP contribution in [0.15, 0.2) is 54.6 Å². The number of piperidine rings is 1. The molecule has 0 aliphatic carbocycles. The zero-order chi connectivity index (χ0) is 17.6. The van der Waals surface area contributed by atoms with Crippen molar-refractivity contribution in [2.75, 3.05) is 6.54 Å². The molecule has 130 valence electrons. The second kappa shape index (κ2) is 7.97. The Morgan fingerprint density at radius 1 is 1.00 bits per heavy atom. The Morgan fingerprint density at radius 2 is 1.72 bits per heavy atom. The number of amides is 1. The molecule has 1 aliphatic rings. The van der Waals surface area contributed by atoms with Gasteiger partial charge in [-0.15, -0.1) is 0 Å². The van der Waals surface area contributed by atoms with Crippen molar-refractivity contribution in [3.8, 4) is 0 Å². The number of carboxylic acid groups (broad SMARTS) is 1. The Kier molecular flexibility index (Phi) is 5.49. The van der Waals surface area contributed by atoms with Gasteiger partial charge in [0.2, 0.25) is 5.91 Å². The highest BCUT2D eigenvalue weighted by molar-refractivity contribution is 5.91. The van der Waals surface area contributed by atoms with E-state index in [0.29, 0.717) is 5.56 Å². The molecule has 1 atom stereocenters. The minimum absolute atomic E-state index is 0.0225. The van der Waals surface area contributed by atoms with Crippen LogP contribution in [-0.2, 0) is 17.6 Å². The molecule has 0 bridgehead atoms.